The molecule has 0 saturated heterocycles. The van der Waals surface area contributed by atoms with Crippen LogP contribution in [0.2, 0.25) is 0 Å². The molecule has 1 saturated carbocycles. The molecule has 0 aromatic carbocycles. The monoisotopic (exact) mass is 211 g/mol. The second-order valence-electron chi connectivity index (χ2n) is 4.00. The van der Waals surface area contributed by atoms with Crippen molar-refractivity contribution in [2.75, 3.05) is 7.05 Å². The fraction of sp³-hybridized carbons (Fsp3) is 0.800. The van der Waals surface area contributed by atoms with Gasteiger partial charge in [-0.2, -0.15) is 0 Å². The SMILES string of the molecule is CN[C@H]1CC[C@H](c2nnc(C)s2)CC1. The molecular formula is C10H17N3S. The first-order valence-electron chi connectivity index (χ1n) is 5.27. The Balaban J connectivity index is 1.95. The van der Waals surface area contributed by atoms with Crippen LogP contribution < -0.4 is 5.32 Å². The number of nitrogens with one attached hydrogen (secondary N) is 1. The van der Waals surface area contributed by atoms with Crippen molar-refractivity contribution in [3.8, 4) is 0 Å². The summed E-state index contributed by atoms with van der Waals surface area (Å²) in [5.41, 5.74) is 0. The van der Waals surface area contributed by atoms with E-state index in [0.29, 0.717) is 5.92 Å². The van der Waals surface area contributed by atoms with Crippen molar-refractivity contribution in [2.24, 2.45) is 0 Å². The minimum Gasteiger partial charge on any atom is -0.317 e. The zero-order valence-electron chi connectivity index (χ0n) is 8.79. The number of aryl methyl sites for hydroxylation is 1. The van der Waals surface area contributed by atoms with Gasteiger partial charge >= 0.3 is 0 Å². The number of nitrogens with zero attached hydrogens (tertiary/aromatic N) is 2. The maximum Gasteiger partial charge on any atom is 0.120 e. The lowest BCUT2D eigenvalue weighted by Gasteiger charge is -2.26. The van der Waals surface area contributed by atoms with E-state index >= 15 is 0 Å². The molecule has 14 heavy (non-hydrogen) atoms. The fourth-order valence-corrected chi connectivity index (χ4v) is 2.97. The first-order chi connectivity index (χ1) is 6.79. The van der Waals surface area contributed by atoms with Gasteiger partial charge in [-0.05, 0) is 39.7 Å². The molecule has 0 bridgehead atoms. The van der Waals surface area contributed by atoms with Crippen molar-refractivity contribution < 1.29 is 0 Å². The third-order valence-electron chi connectivity index (χ3n) is 3.03. The molecule has 4 heteroatoms. The summed E-state index contributed by atoms with van der Waals surface area (Å²) in [6, 6.07) is 0.722. The molecule has 1 heterocycles. The Bertz CT molecular complexity index is 289. The van der Waals surface area contributed by atoms with Crippen LogP contribution in [-0.4, -0.2) is 23.3 Å². The minimum absolute atomic E-state index is 0.672. The molecular weight excluding hydrogens is 194 g/mol. The van der Waals surface area contributed by atoms with E-state index in [1.165, 1.54) is 30.7 Å². The molecule has 1 N–H and O–H groups in total. The second-order valence-corrected chi connectivity index (χ2v) is 5.21. The van der Waals surface area contributed by atoms with Gasteiger partial charge in [0.25, 0.3) is 0 Å². The van der Waals surface area contributed by atoms with Crippen molar-refractivity contribution in [2.45, 2.75) is 44.6 Å². The van der Waals surface area contributed by atoms with Gasteiger partial charge in [-0.1, -0.05) is 0 Å². The van der Waals surface area contributed by atoms with Crippen LogP contribution in [0.1, 0.15) is 41.6 Å². The van der Waals surface area contributed by atoms with Crippen molar-refractivity contribution in [3.05, 3.63) is 10.0 Å². The van der Waals surface area contributed by atoms with Gasteiger partial charge in [0.15, 0.2) is 0 Å². The predicted molar refractivity (Wildman–Crippen MR) is 58.7 cm³/mol. The first-order valence-corrected chi connectivity index (χ1v) is 6.08. The molecule has 1 fully saturated rings. The summed E-state index contributed by atoms with van der Waals surface area (Å²) in [4.78, 5) is 0. The van der Waals surface area contributed by atoms with Gasteiger partial charge in [-0.15, -0.1) is 21.5 Å². The highest BCUT2D eigenvalue weighted by Crippen LogP contribution is 2.33. The number of hydrogen-bond donors (Lipinski definition) is 1. The molecule has 2 rings (SSSR count). The molecule has 1 aromatic rings. The molecule has 1 aliphatic carbocycles. The van der Waals surface area contributed by atoms with Crippen molar-refractivity contribution >= 4 is 11.3 Å². The Morgan fingerprint density at radius 1 is 1.21 bits per heavy atom. The van der Waals surface area contributed by atoms with E-state index in [0.717, 1.165) is 11.0 Å². The molecule has 0 spiro atoms. The highest BCUT2D eigenvalue weighted by atomic mass is 32.1. The van der Waals surface area contributed by atoms with Crippen LogP contribution in [0, 0.1) is 6.92 Å². The van der Waals surface area contributed by atoms with E-state index in [9.17, 15) is 0 Å². The van der Waals surface area contributed by atoms with Gasteiger partial charge in [0.1, 0.15) is 10.0 Å². The van der Waals surface area contributed by atoms with Crippen LogP contribution >= 0.6 is 11.3 Å². The summed E-state index contributed by atoms with van der Waals surface area (Å²) in [5, 5.41) is 14.0. The number of aromatic nitrogens is 2. The Labute approximate surface area is 88.9 Å². The van der Waals surface area contributed by atoms with Crippen molar-refractivity contribution in [1.29, 1.82) is 0 Å². The van der Waals surface area contributed by atoms with E-state index in [-0.39, 0.29) is 0 Å². The predicted octanol–water partition coefficient (Wildman–Crippen LogP) is 2.09. The van der Waals surface area contributed by atoms with Gasteiger partial charge < -0.3 is 5.32 Å². The number of rotatable bonds is 2. The molecule has 1 aromatic heterocycles. The summed E-state index contributed by atoms with van der Waals surface area (Å²) in [7, 11) is 2.06. The molecule has 0 aliphatic heterocycles. The Morgan fingerprint density at radius 2 is 1.93 bits per heavy atom. The zero-order chi connectivity index (χ0) is 9.97. The lowest BCUT2D eigenvalue weighted by molar-refractivity contribution is 0.357. The van der Waals surface area contributed by atoms with E-state index < -0.39 is 0 Å². The quantitative estimate of drug-likeness (QED) is 0.814. The highest BCUT2D eigenvalue weighted by molar-refractivity contribution is 7.11. The van der Waals surface area contributed by atoms with Crippen LogP contribution in [-0.2, 0) is 0 Å². The van der Waals surface area contributed by atoms with Gasteiger partial charge in [0.2, 0.25) is 0 Å². The van der Waals surface area contributed by atoms with E-state index in [1.807, 2.05) is 6.92 Å². The smallest absolute Gasteiger partial charge is 0.120 e. The summed E-state index contributed by atoms with van der Waals surface area (Å²) < 4.78 is 0. The summed E-state index contributed by atoms with van der Waals surface area (Å²) in [6.45, 7) is 2.03. The lowest BCUT2D eigenvalue weighted by atomic mass is 9.86. The molecule has 0 amide bonds. The normalized spacial score (nSPS) is 27.9. The average Bonchev–Trinajstić information content (AvgIpc) is 2.65. The Kier molecular flexibility index (Phi) is 3.13. The van der Waals surface area contributed by atoms with Crippen LogP contribution in [0.25, 0.3) is 0 Å². The summed E-state index contributed by atoms with van der Waals surface area (Å²) in [5.74, 6) is 0.672. The molecule has 0 radical (unpaired) electrons. The van der Waals surface area contributed by atoms with Crippen molar-refractivity contribution in [3.63, 3.8) is 0 Å². The second kappa shape index (κ2) is 4.36. The zero-order valence-corrected chi connectivity index (χ0v) is 9.60. The van der Waals surface area contributed by atoms with Crippen LogP contribution in [0.4, 0.5) is 0 Å². The molecule has 1 aliphatic rings. The third kappa shape index (κ3) is 2.12. The van der Waals surface area contributed by atoms with Crippen LogP contribution in [0.3, 0.4) is 0 Å². The summed E-state index contributed by atoms with van der Waals surface area (Å²) >= 11 is 1.76. The van der Waals surface area contributed by atoms with Crippen molar-refractivity contribution in [1.82, 2.24) is 15.5 Å². The molecule has 0 atom stereocenters. The third-order valence-corrected chi connectivity index (χ3v) is 4.03. The van der Waals surface area contributed by atoms with Crippen LogP contribution in [0.15, 0.2) is 0 Å². The topological polar surface area (TPSA) is 37.8 Å². The average molecular weight is 211 g/mol. The first kappa shape index (κ1) is 10.1. The molecule has 78 valence electrons. The Morgan fingerprint density at radius 3 is 2.43 bits per heavy atom. The fourth-order valence-electron chi connectivity index (χ4n) is 2.11. The molecule has 3 nitrogen and oxygen atoms in total. The summed E-state index contributed by atoms with van der Waals surface area (Å²) in [6.07, 6.45) is 5.08. The standard InChI is InChI=1S/C10H17N3S/c1-7-12-13-10(14-7)8-3-5-9(11-2)6-4-8/h8-9,11H,3-6H2,1-2H3/t8-,9-. The lowest BCUT2D eigenvalue weighted by Crippen LogP contribution is -2.29. The van der Waals surface area contributed by atoms with Gasteiger partial charge in [-0.25, -0.2) is 0 Å². The van der Waals surface area contributed by atoms with E-state index in [1.54, 1.807) is 11.3 Å². The van der Waals surface area contributed by atoms with Crippen LogP contribution in [0.5, 0.6) is 0 Å². The highest BCUT2D eigenvalue weighted by Gasteiger charge is 2.23. The van der Waals surface area contributed by atoms with Gasteiger partial charge in [0.05, 0.1) is 0 Å². The van der Waals surface area contributed by atoms with E-state index in [2.05, 4.69) is 22.6 Å². The maximum absolute atomic E-state index is 4.24. The molecule has 0 unspecified atom stereocenters. The maximum atomic E-state index is 4.24. The minimum atomic E-state index is 0.672. The largest absolute Gasteiger partial charge is 0.317 e. The van der Waals surface area contributed by atoms with Gasteiger partial charge in [-0.3, -0.25) is 0 Å². The van der Waals surface area contributed by atoms with Gasteiger partial charge in [0, 0.05) is 12.0 Å². The number of hydrogen-bond acceptors (Lipinski definition) is 4. The van der Waals surface area contributed by atoms with E-state index in [4.69, 9.17) is 0 Å². The Hall–Kier alpha value is -0.480.